The maximum atomic E-state index is 12.2. The molecule has 1 aliphatic rings. The summed E-state index contributed by atoms with van der Waals surface area (Å²) in [6, 6.07) is 8.07. The molecule has 3 nitrogen and oxygen atoms in total. The molecule has 0 bridgehead atoms. The van der Waals surface area contributed by atoms with Gasteiger partial charge >= 0.3 is 0 Å². The van der Waals surface area contributed by atoms with Gasteiger partial charge in [-0.3, -0.25) is 4.79 Å². The van der Waals surface area contributed by atoms with Crippen LogP contribution in [0, 0.1) is 6.92 Å². The molecule has 1 amide bonds. The smallest absolute Gasteiger partial charge is 0.254 e. The minimum atomic E-state index is 0. The molecule has 1 aromatic carbocycles. The van der Waals surface area contributed by atoms with Gasteiger partial charge in [-0.25, -0.2) is 0 Å². The highest BCUT2D eigenvalue weighted by atomic mass is 35.5. The van der Waals surface area contributed by atoms with Gasteiger partial charge in [0.25, 0.3) is 5.91 Å². The largest absolute Gasteiger partial charge is 0.333 e. The van der Waals surface area contributed by atoms with Gasteiger partial charge < -0.3 is 10.2 Å². The number of carbonyl (C=O) groups excluding carboxylic acids is 1. The van der Waals surface area contributed by atoms with Crippen molar-refractivity contribution in [1.82, 2.24) is 10.2 Å². The van der Waals surface area contributed by atoms with Gasteiger partial charge in [0.05, 0.1) is 0 Å². The van der Waals surface area contributed by atoms with E-state index in [4.69, 9.17) is 0 Å². The molecule has 1 fully saturated rings. The Morgan fingerprint density at radius 1 is 1.35 bits per heavy atom. The molecule has 1 atom stereocenters. The number of aryl methyl sites for hydroxylation is 1. The molecule has 1 aromatic rings. The van der Waals surface area contributed by atoms with E-state index in [1.165, 1.54) is 5.56 Å². The van der Waals surface area contributed by atoms with Crippen LogP contribution in [-0.2, 0) is 0 Å². The summed E-state index contributed by atoms with van der Waals surface area (Å²) in [6.45, 7) is 6.69. The second kappa shape index (κ2) is 6.03. The van der Waals surface area contributed by atoms with Crippen LogP contribution >= 0.6 is 12.4 Å². The summed E-state index contributed by atoms with van der Waals surface area (Å²) in [5.41, 5.74) is 1.98. The molecule has 0 unspecified atom stereocenters. The molecule has 1 N–H and O–H groups in total. The number of nitrogens with one attached hydrogen (secondary N) is 1. The lowest BCUT2D eigenvalue weighted by Crippen LogP contribution is -2.52. The molecule has 17 heavy (non-hydrogen) atoms. The normalized spacial score (nSPS) is 19.6. The van der Waals surface area contributed by atoms with Gasteiger partial charge in [-0.05, 0) is 26.0 Å². The fraction of sp³-hybridized carbons (Fsp3) is 0.462. The molecule has 0 radical (unpaired) electrons. The van der Waals surface area contributed by atoms with Crippen LogP contribution in [0.1, 0.15) is 22.8 Å². The van der Waals surface area contributed by atoms with E-state index in [-0.39, 0.29) is 24.4 Å². The van der Waals surface area contributed by atoms with E-state index in [1.807, 2.05) is 36.1 Å². The zero-order chi connectivity index (χ0) is 11.5. The van der Waals surface area contributed by atoms with Crippen molar-refractivity contribution in [2.24, 2.45) is 0 Å². The molecule has 1 heterocycles. The van der Waals surface area contributed by atoms with Crippen LogP contribution in [0.3, 0.4) is 0 Å². The Balaban J connectivity index is 0.00000144. The predicted octanol–water partition coefficient (Wildman–Crippen LogP) is 1.85. The Bertz CT molecular complexity index is 378. The summed E-state index contributed by atoms with van der Waals surface area (Å²) >= 11 is 0. The van der Waals surface area contributed by atoms with Crippen molar-refractivity contribution in [2.75, 3.05) is 19.6 Å². The zero-order valence-electron chi connectivity index (χ0n) is 10.3. The van der Waals surface area contributed by atoms with Crippen molar-refractivity contribution in [1.29, 1.82) is 0 Å². The van der Waals surface area contributed by atoms with Gasteiger partial charge in [0, 0.05) is 31.2 Å². The van der Waals surface area contributed by atoms with Crippen molar-refractivity contribution in [3.8, 4) is 0 Å². The minimum absolute atomic E-state index is 0. The molecule has 0 spiro atoms. The van der Waals surface area contributed by atoms with Gasteiger partial charge in [0.15, 0.2) is 0 Å². The highest BCUT2D eigenvalue weighted by Gasteiger charge is 2.23. The molecule has 94 valence electrons. The molecule has 0 saturated carbocycles. The number of benzene rings is 1. The first kappa shape index (κ1) is 14.0. The lowest BCUT2D eigenvalue weighted by atomic mass is 10.1. The fourth-order valence-electron chi connectivity index (χ4n) is 2.00. The van der Waals surface area contributed by atoms with Crippen LogP contribution in [0.25, 0.3) is 0 Å². The molecule has 1 aliphatic heterocycles. The Morgan fingerprint density at radius 2 is 2.00 bits per heavy atom. The lowest BCUT2D eigenvalue weighted by Gasteiger charge is -2.34. The lowest BCUT2D eigenvalue weighted by molar-refractivity contribution is 0.0656. The summed E-state index contributed by atoms with van der Waals surface area (Å²) in [5.74, 6) is 0.147. The first-order valence-electron chi connectivity index (χ1n) is 5.77. The Labute approximate surface area is 109 Å². The van der Waals surface area contributed by atoms with E-state index < -0.39 is 0 Å². The summed E-state index contributed by atoms with van der Waals surface area (Å²) in [5, 5.41) is 3.29. The first-order valence-corrected chi connectivity index (χ1v) is 5.77. The standard InChI is InChI=1S/C13H18N2O.ClH/c1-10-3-5-12(6-4-10)13(16)15-8-7-14-9-11(15)2;/h3-6,11,14H,7-9H2,1-2H3;1H/t11-;/m1./s1. The average molecular weight is 255 g/mol. The van der Waals surface area contributed by atoms with Crippen molar-refractivity contribution in [2.45, 2.75) is 19.9 Å². The van der Waals surface area contributed by atoms with Gasteiger partial charge in [-0.15, -0.1) is 12.4 Å². The quantitative estimate of drug-likeness (QED) is 0.830. The topological polar surface area (TPSA) is 32.3 Å². The van der Waals surface area contributed by atoms with Gasteiger partial charge in [0.2, 0.25) is 0 Å². The second-order valence-corrected chi connectivity index (χ2v) is 4.42. The number of halogens is 1. The molecule has 1 saturated heterocycles. The molecule has 4 heteroatoms. The SMILES string of the molecule is Cc1ccc(C(=O)N2CCNC[C@H]2C)cc1.Cl. The number of amides is 1. The Hall–Kier alpha value is -1.06. The van der Waals surface area contributed by atoms with E-state index in [1.54, 1.807) is 0 Å². The van der Waals surface area contributed by atoms with E-state index in [0.29, 0.717) is 0 Å². The first-order chi connectivity index (χ1) is 7.68. The molecular formula is C13H19ClN2O. The van der Waals surface area contributed by atoms with E-state index in [9.17, 15) is 4.79 Å². The van der Waals surface area contributed by atoms with Gasteiger partial charge in [0.1, 0.15) is 0 Å². The zero-order valence-corrected chi connectivity index (χ0v) is 11.1. The highest BCUT2D eigenvalue weighted by molar-refractivity contribution is 5.94. The Kier molecular flexibility index (Phi) is 4.97. The third-order valence-corrected chi connectivity index (χ3v) is 3.06. The van der Waals surface area contributed by atoms with E-state index >= 15 is 0 Å². The fourth-order valence-corrected chi connectivity index (χ4v) is 2.00. The van der Waals surface area contributed by atoms with Crippen LogP contribution in [0.4, 0.5) is 0 Å². The molecule has 2 rings (SSSR count). The number of hydrogen-bond acceptors (Lipinski definition) is 2. The minimum Gasteiger partial charge on any atom is -0.333 e. The highest BCUT2D eigenvalue weighted by Crippen LogP contribution is 2.11. The maximum Gasteiger partial charge on any atom is 0.254 e. The van der Waals surface area contributed by atoms with Crippen molar-refractivity contribution in [3.05, 3.63) is 35.4 Å². The third kappa shape index (κ3) is 3.20. The van der Waals surface area contributed by atoms with Crippen LogP contribution in [0.15, 0.2) is 24.3 Å². The number of nitrogens with zero attached hydrogens (tertiary/aromatic N) is 1. The van der Waals surface area contributed by atoms with Gasteiger partial charge in [-0.1, -0.05) is 17.7 Å². The maximum absolute atomic E-state index is 12.2. The summed E-state index contributed by atoms with van der Waals surface area (Å²) < 4.78 is 0. The van der Waals surface area contributed by atoms with Crippen molar-refractivity contribution < 1.29 is 4.79 Å². The van der Waals surface area contributed by atoms with Crippen LogP contribution in [0.5, 0.6) is 0 Å². The monoisotopic (exact) mass is 254 g/mol. The summed E-state index contributed by atoms with van der Waals surface area (Å²) in [6.07, 6.45) is 0. The molecule has 0 aliphatic carbocycles. The number of rotatable bonds is 1. The van der Waals surface area contributed by atoms with Crippen LogP contribution < -0.4 is 5.32 Å². The number of piperazine rings is 1. The van der Waals surface area contributed by atoms with E-state index in [2.05, 4.69) is 12.2 Å². The second-order valence-electron chi connectivity index (χ2n) is 4.42. The van der Waals surface area contributed by atoms with Crippen molar-refractivity contribution in [3.63, 3.8) is 0 Å². The number of hydrogen-bond donors (Lipinski definition) is 1. The van der Waals surface area contributed by atoms with E-state index in [0.717, 1.165) is 25.2 Å². The molecule has 0 aromatic heterocycles. The summed E-state index contributed by atoms with van der Waals surface area (Å²) in [4.78, 5) is 14.2. The van der Waals surface area contributed by atoms with Crippen LogP contribution in [0.2, 0.25) is 0 Å². The van der Waals surface area contributed by atoms with Crippen LogP contribution in [-0.4, -0.2) is 36.5 Å². The predicted molar refractivity (Wildman–Crippen MR) is 71.8 cm³/mol. The molecular weight excluding hydrogens is 236 g/mol. The van der Waals surface area contributed by atoms with Gasteiger partial charge in [-0.2, -0.15) is 0 Å². The number of carbonyl (C=O) groups is 1. The average Bonchev–Trinajstić information content (AvgIpc) is 2.30. The Morgan fingerprint density at radius 3 is 2.59 bits per heavy atom. The third-order valence-electron chi connectivity index (χ3n) is 3.06. The summed E-state index contributed by atoms with van der Waals surface area (Å²) in [7, 11) is 0. The van der Waals surface area contributed by atoms with Crippen molar-refractivity contribution >= 4 is 18.3 Å².